The lowest BCUT2D eigenvalue weighted by atomic mass is 10.2. The first-order valence-electron chi connectivity index (χ1n) is 9.68. The first kappa shape index (κ1) is 22.5. The molecule has 5 nitrogen and oxygen atoms in total. The lowest BCUT2D eigenvalue weighted by Crippen LogP contribution is -2.25. The first-order chi connectivity index (χ1) is 15.2. The number of carbonyl (C=O) groups is 1. The van der Waals surface area contributed by atoms with Gasteiger partial charge in [0.05, 0.1) is 27.6 Å². The molecule has 0 unspecified atom stereocenters. The average Bonchev–Trinajstić information content (AvgIpc) is 3.22. The number of thioether (sulfide) groups is 2. The van der Waals surface area contributed by atoms with E-state index < -0.39 is 17.3 Å². The van der Waals surface area contributed by atoms with E-state index in [1.807, 2.05) is 19.1 Å². The number of nitrogens with one attached hydrogen (secondary N) is 1. The van der Waals surface area contributed by atoms with Gasteiger partial charge in [-0.3, -0.25) is 14.2 Å². The summed E-state index contributed by atoms with van der Waals surface area (Å²) in [6.07, 6.45) is -3.94. The van der Waals surface area contributed by atoms with Crippen molar-refractivity contribution in [3.05, 3.63) is 75.7 Å². The van der Waals surface area contributed by atoms with Gasteiger partial charge >= 0.3 is 6.18 Å². The second-order valence-corrected chi connectivity index (χ2v) is 9.16. The number of hydrogen-bond donors (Lipinski definition) is 1. The molecule has 10 heteroatoms. The monoisotopic (exact) mass is 477 g/mol. The summed E-state index contributed by atoms with van der Waals surface area (Å²) in [6.45, 7) is 1.87. The van der Waals surface area contributed by atoms with Crippen LogP contribution in [-0.2, 0) is 17.4 Å². The Kier molecular flexibility index (Phi) is 6.34. The molecule has 1 N–H and O–H groups in total. The number of anilines is 1. The number of rotatable bonds is 5. The van der Waals surface area contributed by atoms with Crippen molar-refractivity contribution in [3.63, 3.8) is 0 Å². The predicted octanol–water partition coefficient (Wildman–Crippen LogP) is 4.94. The van der Waals surface area contributed by atoms with Crippen LogP contribution in [0.25, 0.3) is 5.69 Å². The molecular formula is C22H18F3N3O2S2. The fourth-order valence-corrected chi connectivity index (χ4v) is 5.12. The summed E-state index contributed by atoms with van der Waals surface area (Å²) in [6, 6.07) is 11.9. The van der Waals surface area contributed by atoms with E-state index in [0.29, 0.717) is 28.5 Å². The number of halogens is 3. The van der Waals surface area contributed by atoms with Crippen molar-refractivity contribution in [3.8, 4) is 5.69 Å². The quantitative estimate of drug-likeness (QED) is 0.417. The summed E-state index contributed by atoms with van der Waals surface area (Å²) in [7, 11) is 0. The molecule has 3 aromatic rings. The highest BCUT2D eigenvalue weighted by atomic mass is 32.2. The molecule has 0 atom stereocenters. The van der Waals surface area contributed by atoms with Crippen molar-refractivity contribution < 1.29 is 18.0 Å². The summed E-state index contributed by atoms with van der Waals surface area (Å²) in [5.74, 6) is 0.331. The molecule has 0 radical (unpaired) electrons. The normalized spacial score (nSPS) is 13.1. The Bertz CT molecular complexity index is 1240. The molecule has 0 aliphatic carbocycles. The molecule has 1 amide bonds. The predicted molar refractivity (Wildman–Crippen MR) is 120 cm³/mol. The zero-order chi connectivity index (χ0) is 22.9. The van der Waals surface area contributed by atoms with Crippen LogP contribution in [0.5, 0.6) is 0 Å². The van der Waals surface area contributed by atoms with Gasteiger partial charge in [-0.1, -0.05) is 36.0 Å². The topological polar surface area (TPSA) is 64.0 Å². The Morgan fingerprint density at radius 1 is 1.22 bits per heavy atom. The zero-order valence-electron chi connectivity index (χ0n) is 16.9. The maximum Gasteiger partial charge on any atom is 0.416 e. The highest BCUT2D eigenvalue weighted by molar-refractivity contribution is 8.00. The molecule has 0 fully saturated rings. The Balaban J connectivity index is 1.67. The van der Waals surface area contributed by atoms with Crippen molar-refractivity contribution in [2.24, 2.45) is 0 Å². The van der Waals surface area contributed by atoms with Gasteiger partial charge in [-0.25, -0.2) is 4.98 Å². The van der Waals surface area contributed by atoms with Crippen molar-refractivity contribution in [1.29, 1.82) is 0 Å². The molecule has 1 aliphatic heterocycles. The van der Waals surface area contributed by atoms with E-state index in [4.69, 9.17) is 0 Å². The third-order valence-corrected chi connectivity index (χ3v) is 6.90. The van der Waals surface area contributed by atoms with Gasteiger partial charge < -0.3 is 5.32 Å². The molecule has 1 aromatic heterocycles. The summed E-state index contributed by atoms with van der Waals surface area (Å²) < 4.78 is 40.9. The number of aryl methyl sites for hydroxylation is 2. The largest absolute Gasteiger partial charge is 0.416 e. The maximum absolute atomic E-state index is 13.2. The Labute approximate surface area is 190 Å². The number of benzene rings is 2. The van der Waals surface area contributed by atoms with Crippen LogP contribution < -0.4 is 10.9 Å². The fourth-order valence-electron chi connectivity index (χ4n) is 3.27. The molecule has 32 heavy (non-hydrogen) atoms. The molecule has 1 aliphatic rings. The van der Waals surface area contributed by atoms with Gasteiger partial charge in [-0.15, -0.1) is 11.8 Å². The second-order valence-electron chi connectivity index (χ2n) is 7.11. The SMILES string of the molecule is Cc1ccccc1NC(=O)CSc1nc2c(c(=O)n1-c1cccc(C(F)(F)F)c1)SCC2. The lowest BCUT2D eigenvalue weighted by Gasteiger charge is -2.15. The number of aromatic nitrogens is 2. The van der Waals surface area contributed by atoms with Crippen LogP contribution in [0.15, 0.2) is 63.4 Å². The number of nitrogens with zero attached hydrogens (tertiary/aromatic N) is 2. The molecule has 2 heterocycles. The number of alkyl halides is 3. The number of carbonyl (C=O) groups excluding carboxylic acids is 1. The van der Waals surface area contributed by atoms with Crippen LogP contribution in [0.2, 0.25) is 0 Å². The van der Waals surface area contributed by atoms with Crippen LogP contribution in [0.1, 0.15) is 16.8 Å². The summed E-state index contributed by atoms with van der Waals surface area (Å²) >= 11 is 2.36. The maximum atomic E-state index is 13.2. The molecule has 2 aromatic carbocycles. The van der Waals surface area contributed by atoms with Gasteiger partial charge in [0.1, 0.15) is 0 Å². The van der Waals surface area contributed by atoms with Crippen molar-refractivity contribution >= 4 is 35.1 Å². The summed E-state index contributed by atoms with van der Waals surface area (Å²) in [5.41, 5.74) is 0.979. The van der Waals surface area contributed by atoms with E-state index in [1.54, 1.807) is 12.1 Å². The standard InChI is InChI=1S/C22H18F3N3O2S2/c1-13-5-2-3-8-16(13)26-18(29)12-32-21-27-17-9-10-31-19(17)20(30)28(21)15-7-4-6-14(11-15)22(23,24)25/h2-8,11H,9-10,12H2,1H3,(H,26,29). The third-order valence-electron chi connectivity index (χ3n) is 4.85. The second kappa shape index (κ2) is 9.03. The minimum Gasteiger partial charge on any atom is -0.325 e. The highest BCUT2D eigenvalue weighted by Gasteiger charge is 2.31. The van der Waals surface area contributed by atoms with Gasteiger partial charge in [0.25, 0.3) is 5.56 Å². The Hall–Kier alpha value is -2.72. The number of hydrogen-bond acceptors (Lipinski definition) is 5. The van der Waals surface area contributed by atoms with Crippen LogP contribution in [0, 0.1) is 6.92 Å². The van der Waals surface area contributed by atoms with Gasteiger partial charge in [-0.05, 0) is 36.8 Å². The van der Waals surface area contributed by atoms with E-state index in [-0.39, 0.29) is 22.5 Å². The van der Waals surface area contributed by atoms with Gasteiger partial charge in [0.15, 0.2) is 5.16 Å². The van der Waals surface area contributed by atoms with E-state index in [9.17, 15) is 22.8 Å². The Morgan fingerprint density at radius 2 is 2.00 bits per heavy atom. The van der Waals surface area contributed by atoms with Gasteiger partial charge in [0.2, 0.25) is 5.91 Å². The molecule has 4 rings (SSSR count). The Morgan fingerprint density at radius 3 is 2.75 bits per heavy atom. The van der Waals surface area contributed by atoms with E-state index in [2.05, 4.69) is 10.3 Å². The molecule has 0 spiro atoms. The van der Waals surface area contributed by atoms with Gasteiger partial charge in [-0.2, -0.15) is 13.2 Å². The molecule has 166 valence electrons. The molecule has 0 saturated carbocycles. The van der Waals surface area contributed by atoms with Crippen LogP contribution in [-0.4, -0.2) is 27.0 Å². The number of para-hydroxylation sites is 1. The zero-order valence-corrected chi connectivity index (χ0v) is 18.5. The average molecular weight is 478 g/mol. The number of fused-ring (bicyclic) bond motifs is 1. The summed E-state index contributed by atoms with van der Waals surface area (Å²) in [4.78, 5) is 30.6. The van der Waals surface area contributed by atoms with Crippen molar-refractivity contribution in [2.75, 3.05) is 16.8 Å². The minimum atomic E-state index is -4.54. The van der Waals surface area contributed by atoms with Crippen molar-refractivity contribution in [1.82, 2.24) is 9.55 Å². The van der Waals surface area contributed by atoms with Crippen molar-refractivity contribution in [2.45, 2.75) is 29.6 Å². The van der Waals surface area contributed by atoms with Crippen LogP contribution in [0.3, 0.4) is 0 Å². The lowest BCUT2D eigenvalue weighted by molar-refractivity contribution is -0.137. The van der Waals surface area contributed by atoms with E-state index >= 15 is 0 Å². The highest BCUT2D eigenvalue weighted by Crippen LogP contribution is 2.33. The third kappa shape index (κ3) is 4.71. The molecule has 0 bridgehead atoms. The first-order valence-corrected chi connectivity index (χ1v) is 11.7. The summed E-state index contributed by atoms with van der Waals surface area (Å²) in [5, 5.41) is 3.00. The number of amides is 1. The molecular weight excluding hydrogens is 459 g/mol. The van der Waals surface area contributed by atoms with Gasteiger partial charge in [0, 0.05) is 17.9 Å². The van der Waals surface area contributed by atoms with E-state index in [1.165, 1.54) is 23.9 Å². The fraction of sp³-hybridized carbons (Fsp3) is 0.227. The minimum absolute atomic E-state index is 0.0499. The van der Waals surface area contributed by atoms with E-state index in [0.717, 1.165) is 34.0 Å². The smallest absolute Gasteiger partial charge is 0.325 e. The van der Waals surface area contributed by atoms with Crippen LogP contribution in [0.4, 0.5) is 18.9 Å². The van der Waals surface area contributed by atoms with Crippen LogP contribution >= 0.6 is 23.5 Å². The molecule has 0 saturated heterocycles.